The van der Waals surface area contributed by atoms with E-state index in [0.29, 0.717) is 39.8 Å². The van der Waals surface area contributed by atoms with Crippen LogP contribution in [0.1, 0.15) is 48.2 Å². The van der Waals surface area contributed by atoms with Gasteiger partial charge in [-0.25, -0.2) is 19.6 Å². The molecule has 0 saturated carbocycles. The number of nitriles is 1. The Labute approximate surface area is 219 Å². The van der Waals surface area contributed by atoms with Crippen molar-refractivity contribution in [2.45, 2.75) is 32.7 Å². The summed E-state index contributed by atoms with van der Waals surface area (Å²) in [5.41, 5.74) is 9.74. The largest absolute Gasteiger partial charge is 0.493 e. The van der Waals surface area contributed by atoms with Crippen LogP contribution in [0.25, 0.3) is 11.0 Å². The van der Waals surface area contributed by atoms with Crippen molar-refractivity contribution in [3.63, 3.8) is 0 Å². The van der Waals surface area contributed by atoms with Gasteiger partial charge < -0.3 is 15.4 Å². The molecule has 10 nitrogen and oxygen atoms in total. The second kappa shape index (κ2) is 10.0. The maximum atomic E-state index is 12.4. The number of aliphatic imine (C=N–C) groups is 1. The van der Waals surface area contributed by atoms with E-state index in [1.807, 2.05) is 32.9 Å². The van der Waals surface area contributed by atoms with Gasteiger partial charge in [0.25, 0.3) is 5.91 Å². The van der Waals surface area contributed by atoms with Crippen molar-refractivity contribution < 1.29 is 9.53 Å². The summed E-state index contributed by atoms with van der Waals surface area (Å²) in [6, 6.07) is 3.47. The number of aromatic nitrogens is 4. The van der Waals surface area contributed by atoms with Gasteiger partial charge in [0.05, 0.1) is 18.0 Å². The van der Waals surface area contributed by atoms with Gasteiger partial charge in [0, 0.05) is 41.9 Å². The fraction of sp³-hybridized carbons (Fsp3) is 0.308. The number of carbonyl (C=O) groups excluding carboxylic acids is 1. The number of nitrogen functional groups attached to an aromatic ring is 1. The van der Waals surface area contributed by atoms with Crippen molar-refractivity contribution >= 4 is 40.1 Å². The summed E-state index contributed by atoms with van der Waals surface area (Å²) in [4.78, 5) is 26.7. The zero-order valence-corrected chi connectivity index (χ0v) is 22.0. The van der Waals surface area contributed by atoms with Gasteiger partial charge in [0.15, 0.2) is 11.3 Å². The molecule has 37 heavy (non-hydrogen) atoms. The number of rotatable bonds is 6. The molecular weight excluding hydrogens is 492 g/mol. The Morgan fingerprint density at radius 2 is 2.14 bits per heavy atom. The molecule has 1 aromatic carbocycles. The van der Waals surface area contributed by atoms with Gasteiger partial charge in [-0.05, 0) is 38.5 Å². The van der Waals surface area contributed by atoms with Crippen LogP contribution in [0.15, 0.2) is 41.8 Å². The standard InChI is InChI=1S/C26H27ClN8O2/c1-7-37-23-17(15(4)35-25-22(20(11-28)33-35)24(29)30-12-31-25)10-18(27)13(2)21(23)16-8-9-19(32-14(16)3)26(36)34(5)6/h8-10,12,15-16H,3,7H2,1-2,4-6H3,(H2,29,30,31). The fourth-order valence-corrected chi connectivity index (χ4v) is 4.62. The highest BCUT2D eigenvalue weighted by atomic mass is 35.5. The van der Waals surface area contributed by atoms with Crippen LogP contribution >= 0.6 is 11.6 Å². The zero-order chi connectivity index (χ0) is 27.0. The Balaban J connectivity index is 1.89. The van der Waals surface area contributed by atoms with Gasteiger partial charge in [0.1, 0.15) is 29.7 Å². The first kappa shape index (κ1) is 25.9. The number of hydrogen-bond donors (Lipinski definition) is 1. The third kappa shape index (κ3) is 4.42. The number of nitrogens with two attached hydrogens (primary N) is 1. The molecule has 0 aliphatic carbocycles. The van der Waals surface area contributed by atoms with Crippen LogP contribution in [-0.2, 0) is 4.79 Å². The molecule has 3 aromatic rings. The monoisotopic (exact) mass is 518 g/mol. The van der Waals surface area contributed by atoms with Crippen molar-refractivity contribution in [2.75, 3.05) is 26.4 Å². The quantitative estimate of drug-likeness (QED) is 0.521. The molecule has 190 valence electrons. The average molecular weight is 519 g/mol. The number of dihydropyridines is 1. The van der Waals surface area contributed by atoms with E-state index in [-0.39, 0.29) is 23.3 Å². The van der Waals surface area contributed by atoms with Crippen molar-refractivity contribution in [3.8, 4) is 11.8 Å². The molecule has 2 unspecified atom stereocenters. The minimum absolute atomic E-state index is 0.132. The summed E-state index contributed by atoms with van der Waals surface area (Å²) in [6.07, 6.45) is 4.91. The van der Waals surface area contributed by atoms with E-state index in [1.54, 1.807) is 24.9 Å². The molecular formula is C26H27ClN8O2. The van der Waals surface area contributed by atoms with Crippen molar-refractivity contribution in [3.05, 3.63) is 64.2 Å². The molecule has 4 rings (SSSR count). The van der Waals surface area contributed by atoms with Crippen LogP contribution in [0.2, 0.25) is 5.02 Å². The Kier molecular flexibility index (Phi) is 7.01. The van der Waals surface area contributed by atoms with Gasteiger partial charge in [-0.1, -0.05) is 24.3 Å². The minimum atomic E-state index is -0.437. The molecule has 1 aliphatic rings. The van der Waals surface area contributed by atoms with Crippen LogP contribution in [0.5, 0.6) is 5.75 Å². The molecule has 1 amide bonds. The summed E-state index contributed by atoms with van der Waals surface area (Å²) in [6.45, 7) is 10.2. The molecule has 1 aliphatic heterocycles. The van der Waals surface area contributed by atoms with Crippen molar-refractivity contribution in [2.24, 2.45) is 4.99 Å². The number of carbonyl (C=O) groups is 1. The lowest BCUT2D eigenvalue weighted by Gasteiger charge is -2.27. The number of anilines is 1. The molecule has 11 heteroatoms. The minimum Gasteiger partial charge on any atom is -0.493 e. The maximum absolute atomic E-state index is 12.4. The zero-order valence-electron chi connectivity index (χ0n) is 21.3. The van der Waals surface area contributed by atoms with Crippen molar-refractivity contribution in [1.29, 1.82) is 5.26 Å². The lowest BCUT2D eigenvalue weighted by Crippen LogP contribution is -2.30. The number of allylic oxidation sites excluding steroid dienone is 1. The van der Waals surface area contributed by atoms with E-state index in [4.69, 9.17) is 22.1 Å². The normalized spacial score (nSPS) is 15.9. The fourth-order valence-electron chi connectivity index (χ4n) is 4.40. The highest BCUT2D eigenvalue weighted by Crippen LogP contribution is 2.45. The first-order chi connectivity index (χ1) is 17.6. The Hall–Kier alpha value is -4.23. The molecule has 3 heterocycles. The van der Waals surface area contributed by atoms with Gasteiger partial charge in [-0.3, -0.25) is 4.79 Å². The SMILES string of the molecule is C=C1N=C(C(=O)N(C)C)C=CC1c1c(C)c(Cl)cc(C(C)n2nc(C#N)c3c(N)ncnc32)c1OCC. The average Bonchev–Trinajstić information content (AvgIpc) is 3.26. The predicted molar refractivity (Wildman–Crippen MR) is 143 cm³/mol. The molecule has 0 radical (unpaired) electrons. The molecule has 0 spiro atoms. The van der Waals surface area contributed by atoms with Gasteiger partial charge in [-0.2, -0.15) is 10.4 Å². The second-order valence-electron chi connectivity index (χ2n) is 8.81. The molecule has 0 bridgehead atoms. The van der Waals surface area contributed by atoms with Gasteiger partial charge in [-0.15, -0.1) is 0 Å². The third-order valence-electron chi connectivity index (χ3n) is 6.29. The Bertz CT molecular complexity index is 1530. The molecule has 2 atom stereocenters. The number of halogens is 1. The van der Waals surface area contributed by atoms with E-state index in [9.17, 15) is 10.1 Å². The smallest absolute Gasteiger partial charge is 0.271 e. The lowest BCUT2D eigenvalue weighted by atomic mass is 9.86. The van der Waals surface area contributed by atoms with Crippen LogP contribution in [0.3, 0.4) is 0 Å². The number of fused-ring (bicyclic) bond motifs is 1. The van der Waals surface area contributed by atoms with E-state index >= 15 is 0 Å². The Morgan fingerprint density at radius 1 is 1.41 bits per heavy atom. The van der Waals surface area contributed by atoms with E-state index < -0.39 is 6.04 Å². The van der Waals surface area contributed by atoms with E-state index in [1.165, 1.54) is 11.2 Å². The summed E-state index contributed by atoms with van der Waals surface area (Å²) >= 11 is 6.75. The first-order valence-corrected chi connectivity index (χ1v) is 12.0. The highest BCUT2D eigenvalue weighted by molar-refractivity contribution is 6.43. The first-order valence-electron chi connectivity index (χ1n) is 11.6. The predicted octanol–water partition coefficient (Wildman–Crippen LogP) is 3.95. The second-order valence-corrected chi connectivity index (χ2v) is 9.22. The number of ether oxygens (including phenoxy) is 1. The van der Waals surface area contributed by atoms with Crippen LogP contribution in [0.4, 0.5) is 5.82 Å². The van der Waals surface area contributed by atoms with E-state index in [2.05, 4.69) is 32.7 Å². The molecule has 2 aromatic heterocycles. The summed E-state index contributed by atoms with van der Waals surface area (Å²) in [5.74, 6) is 0.205. The third-order valence-corrected chi connectivity index (χ3v) is 6.68. The van der Waals surface area contributed by atoms with Crippen LogP contribution in [0, 0.1) is 18.3 Å². The number of benzene rings is 1. The van der Waals surface area contributed by atoms with Crippen LogP contribution in [-0.4, -0.2) is 57.0 Å². The van der Waals surface area contributed by atoms with Gasteiger partial charge in [0.2, 0.25) is 0 Å². The molecule has 0 saturated heterocycles. The van der Waals surface area contributed by atoms with Gasteiger partial charge >= 0.3 is 0 Å². The van der Waals surface area contributed by atoms with E-state index in [0.717, 1.165) is 16.7 Å². The van der Waals surface area contributed by atoms with Crippen molar-refractivity contribution in [1.82, 2.24) is 24.6 Å². The summed E-state index contributed by atoms with van der Waals surface area (Å²) in [7, 11) is 3.34. The topological polar surface area (TPSA) is 135 Å². The number of amides is 1. The number of hydrogen-bond acceptors (Lipinski definition) is 8. The summed E-state index contributed by atoms with van der Waals surface area (Å²) < 4.78 is 7.83. The molecule has 0 fully saturated rings. The number of nitrogens with zero attached hydrogens (tertiary/aromatic N) is 7. The Morgan fingerprint density at radius 3 is 2.76 bits per heavy atom. The van der Waals surface area contributed by atoms with Crippen LogP contribution < -0.4 is 10.5 Å². The lowest BCUT2D eigenvalue weighted by molar-refractivity contribution is -0.121. The summed E-state index contributed by atoms with van der Waals surface area (Å²) in [5, 5.41) is 15.0. The highest BCUT2D eigenvalue weighted by Gasteiger charge is 2.30. The maximum Gasteiger partial charge on any atom is 0.271 e. The molecule has 2 N–H and O–H groups in total.